The van der Waals surface area contributed by atoms with Crippen molar-refractivity contribution in [2.75, 3.05) is 0 Å². The molecule has 0 aromatic carbocycles. The van der Waals surface area contributed by atoms with E-state index in [1.54, 1.807) is 25.7 Å². The Bertz CT molecular complexity index is 153. The quantitative estimate of drug-likeness (QED) is 0.554. The molecule has 2 aliphatic carbocycles. The second-order valence-electron chi connectivity index (χ2n) is 5.56. The molecule has 2 rings (SSSR count). The Morgan fingerprint density at radius 2 is 1.57 bits per heavy atom. The molecule has 0 saturated heterocycles. The van der Waals surface area contributed by atoms with E-state index >= 15 is 0 Å². The largest absolute Gasteiger partial charge is 0.0654 e. The first-order chi connectivity index (χ1) is 6.86. The Hall–Kier alpha value is 0. The maximum absolute atomic E-state index is 2.41. The molecule has 0 spiro atoms. The van der Waals surface area contributed by atoms with Crippen LogP contribution in [0.5, 0.6) is 0 Å². The normalized spacial score (nSPS) is 24.2. The fourth-order valence-electron chi connectivity index (χ4n) is 3.25. The maximum Gasteiger partial charge on any atom is -0.0329 e. The van der Waals surface area contributed by atoms with E-state index in [-0.39, 0.29) is 0 Å². The third kappa shape index (κ3) is 2.52. The van der Waals surface area contributed by atoms with Gasteiger partial charge in [0.15, 0.2) is 0 Å². The highest BCUT2D eigenvalue weighted by Crippen LogP contribution is 2.53. The van der Waals surface area contributed by atoms with Crippen LogP contribution in [-0.4, -0.2) is 0 Å². The third-order valence-electron chi connectivity index (χ3n) is 4.33. The number of hydrogen-bond donors (Lipinski definition) is 0. The first-order valence-corrected chi connectivity index (χ1v) is 6.86. The van der Waals surface area contributed by atoms with Crippen molar-refractivity contribution in [2.24, 2.45) is 23.7 Å². The lowest BCUT2D eigenvalue weighted by Crippen LogP contribution is -2.18. The summed E-state index contributed by atoms with van der Waals surface area (Å²) < 4.78 is 0. The van der Waals surface area contributed by atoms with Crippen LogP contribution >= 0.6 is 0 Å². The van der Waals surface area contributed by atoms with Gasteiger partial charge in [-0.05, 0) is 49.4 Å². The minimum absolute atomic E-state index is 1.08. The number of unbranched alkanes of at least 4 members (excludes halogenated alkanes) is 1. The van der Waals surface area contributed by atoms with E-state index in [1.165, 1.54) is 25.7 Å². The highest BCUT2D eigenvalue weighted by Gasteiger charge is 2.44. The van der Waals surface area contributed by atoms with Gasteiger partial charge in [-0.1, -0.05) is 39.5 Å². The van der Waals surface area contributed by atoms with Crippen LogP contribution in [0.2, 0.25) is 0 Å². The van der Waals surface area contributed by atoms with Crippen molar-refractivity contribution < 1.29 is 0 Å². The highest BCUT2D eigenvalue weighted by molar-refractivity contribution is 4.94. The molecule has 82 valence electrons. The Morgan fingerprint density at radius 1 is 1.00 bits per heavy atom. The topological polar surface area (TPSA) is 0 Å². The fraction of sp³-hybridized carbons (Fsp3) is 1.00. The van der Waals surface area contributed by atoms with Crippen molar-refractivity contribution in [3.63, 3.8) is 0 Å². The van der Waals surface area contributed by atoms with Gasteiger partial charge in [0.05, 0.1) is 0 Å². The summed E-state index contributed by atoms with van der Waals surface area (Å²) in [4.78, 5) is 0. The van der Waals surface area contributed by atoms with Crippen molar-refractivity contribution in [1.29, 1.82) is 0 Å². The van der Waals surface area contributed by atoms with Gasteiger partial charge in [-0.25, -0.2) is 0 Å². The standard InChI is InChI=1S/C14H26/c1-3-5-6-11(4-2)14(12-7-8-12)13-9-10-13/h11-14H,3-10H2,1-2H3. The van der Waals surface area contributed by atoms with E-state index in [2.05, 4.69) is 13.8 Å². The number of rotatable bonds is 7. The molecular formula is C14H26. The summed E-state index contributed by atoms with van der Waals surface area (Å²) in [6, 6.07) is 0. The minimum atomic E-state index is 1.08. The molecule has 0 nitrogen and oxygen atoms in total. The Kier molecular flexibility index (Phi) is 3.52. The lowest BCUT2D eigenvalue weighted by molar-refractivity contribution is 0.234. The molecule has 14 heavy (non-hydrogen) atoms. The van der Waals surface area contributed by atoms with Gasteiger partial charge >= 0.3 is 0 Å². The molecule has 0 heterocycles. The van der Waals surface area contributed by atoms with Crippen LogP contribution in [0.1, 0.15) is 65.2 Å². The van der Waals surface area contributed by atoms with Crippen molar-refractivity contribution >= 4 is 0 Å². The second-order valence-corrected chi connectivity index (χ2v) is 5.56. The van der Waals surface area contributed by atoms with Gasteiger partial charge in [0, 0.05) is 0 Å². The second kappa shape index (κ2) is 4.68. The highest BCUT2D eigenvalue weighted by atomic mass is 14.5. The van der Waals surface area contributed by atoms with E-state index in [1.807, 2.05) is 0 Å². The predicted octanol–water partition coefficient (Wildman–Crippen LogP) is 4.64. The number of hydrogen-bond acceptors (Lipinski definition) is 0. The van der Waals surface area contributed by atoms with Gasteiger partial charge in [0.2, 0.25) is 0 Å². The van der Waals surface area contributed by atoms with Crippen molar-refractivity contribution in [2.45, 2.75) is 65.2 Å². The van der Waals surface area contributed by atoms with Crippen molar-refractivity contribution in [1.82, 2.24) is 0 Å². The van der Waals surface area contributed by atoms with Gasteiger partial charge < -0.3 is 0 Å². The van der Waals surface area contributed by atoms with Gasteiger partial charge in [0.25, 0.3) is 0 Å². The summed E-state index contributed by atoms with van der Waals surface area (Å²) in [5.41, 5.74) is 0. The van der Waals surface area contributed by atoms with Gasteiger partial charge in [-0.2, -0.15) is 0 Å². The Labute approximate surface area is 89.5 Å². The van der Waals surface area contributed by atoms with Crippen molar-refractivity contribution in [3.8, 4) is 0 Å². The molecule has 0 aromatic rings. The molecule has 2 saturated carbocycles. The van der Waals surface area contributed by atoms with Gasteiger partial charge in [0.1, 0.15) is 0 Å². The summed E-state index contributed by atoms with van der Waals surface area (Å²) in [6.07, 6.45) is 12.1. The lowest BCUT2D eigenvalue weighted by atomic mass is 9.79. The average Bonchev–Trinajstić information content (AvgIpc) is 3.02. The summed E-state index contributed by atoms with van der Waals surface area (Å²) >= 11 is 0. The first-order valence-electron chi connectivity index (χ1n) is 6.86. The Balaban J connectivity index is 1.85. The summed E-state index contributed by atoms with van der Waals surface area (Å²) in [5, 5.41) is 0. The zero-order valence-electron chi connectivity index (χ0n) is 9.97. The summed E-state index contributed by atoms with van der Waals surface area (Å²) in [7, 11) is 0. The smallest absolute Gasteiger partial charge is 0.0329 e. The summed E-state index contributed by atoms with van der Waals surface area (Å²) in [6.45, 7) is 4.74. The molecule has 2 aliphatic rings. The molecule has 1 unspecified atom stereocenters. The zero-order chi connectivity index (χ0) is 9.97. The van der Waals surface area contributed by atoms with E-state index < -0.39 is 0 Å². The fourth-order valence-corrected chi connectivity index (χ4v) is 3.25. The summed E-state index contributed by atoms with van der Waals surface area (Å²) in [5.74, 6) is 4.54. The molecule has 0 aliphatic heterocycles. The molecule has 2 fully saturated rings. The molecule has 0 heteroatoms. The molecule has 1 atom stereocenters. The van der Waals surface area contributed by atoms with Gasteiger partial charge in [-0.3, -0.25) is 0 Å². The molecule has 0 bridgehead atoms. The van der Waals surface area contributed by atoms with Crippen LogP contribution in [0.4, 0.5) is 0 Å². The minimum Gasteiger partial charge on any atom is -0.0654 e. The monoisotopic (exact) mass is 194 g/mol. The van der Waals surface area contributed by atoms with Crippen LogP contribution in [0.15, 0.2) is 0 Å². The van der Waals surface area contributed by atoms with E-state index in [0.29, 0.717) is 0 Å². The van der Waals surface area contributed by atoms with Crippen LogP contribution in [0, 0.1) is 23.7 Å². The predicted molar refractivity (Wildman–Crippen MR) is 62.2 cm³/mol. The molecular weight excluding hydrogens is 168 g/mol. The van der Waals surface area contributed by atoms with Crippen LogP contribution in [-0.2, 0) is 0 Å². The van der Waals surface area contributed by atoms with Crippen LogP contribution in [0.25, 0.3) is 0 Å². The SMILES string of the molecule is CCCCC(CC)C(C1CC1)C1CC1. The zero-order valence-corrected chi connectivity index (χ0v) is 9.97. The van der Waals surface area contributed by atoms with E-state index in [9.17, 15) is 0 Å². The molecule has 0 N–H and O–H groups in total. The molecule has 0 aromatic heterocycles. The van der Waals surface area contributed by atoms with Gasteiger partial charge in [-0.15, -0.1) is 0 Å². The third-order valence-corrected chi connectivity index (χ3v) is 4.33. The Morgan fingerprint density at radius 3 is 1.93 bits per heavy atom. The average molecular weight is 194 g/mol. The molecule has 0 radical (unpaired) electrons. The molecule has 0 amide bonds. The van der Waals surface area contributed by atoms with Crippen molar-refractivity contribution in [3.05, 3.63) is 0 Å². The first kappa shape index (κ1) is 10.5. The van der Waals surface area contributed by atoms with Crippen LogP contribution in [0.3, 0.4) is 0 Å². The van der Waals surface area contributed by atoms with E-state index in [0.717, 1.165) is 23.7 Å². The van der Waals surface area contributed by atoms with Crippen LogP contribution < -0.4 is 0 Å². The maximum atomic E-state index is 2.41. The van der Waals surface area contributed by atoms with E-state index in [4.69, 9.17) is 0 Å². The lowest BCUT2D eigenvalue weighted by Gasteiger charge is -2.26.